The van der Waals surface area contributed by atoms with Crippen LogP contribution < -0.4 is 5.32 Å². The molecule has 0 saturated carbocycles. The maximum absolute atomic E-state index is 5.94. The number of hydrogen-bond acceptors (Lipinski definition) is 4. The predicted octanol–water partition coefficient (Wildman–Crippen LogP) is 3.02. The molecule has 1 N–H and O–H groups in total. The summed E-state index contributed by atoms with van der Waals surface area (Å²) in [7, 11) is 1.66. The first-order valence-electron chi connectivity index (χ1n) is 5.11. The molecule has 5 heteroatoms. The molecule has 0 aliphatic rings. The molecule has 0 atom stereocenters. The van der Waals surface area contributed by atoms with Gasteiger partial charge >= 0.3 is 0 Å². The molecule has 0 fully saturated rings. The molecule has 2 aromatic rings. The second-order valence-corrected chi connectivity index (χ2v) is 3.77. The number of methoxy groups -OCH3 is 1. The van der Waals surface area contributed by atoms with Gasteiger partial charge in [-0.05, 0) is 6.07 Å². The number of para-hydroxylation sites is 1. The molecule has 2 rings (SSSR count). The number of benzene rings is 1. The van der Waals surface area contributed by atoms with E-state index in [1.54, 1.807) is 19.5 Å². The standard InChI is InChI=1S/C12H12ClN3O/c1-17-8-9-4-2-3-5-10(9)16-12-11(13)14-6-7-15-12/h2-7H,8H2,1H3,(H,15,16). The summed E-state index contributed by atoms with van der Waals surface area (Å²) in [6.45, 7) is 0.529. The van der Waals surface area contributed by atoms with Gasteiger partial charge in [-0.25, -0.2) is 9.97 Å². The van der Waals surface area contributed by atoms with E-state index in [2.05, 4.69) is 15.3 Å². The Balaban J connectivity index is 2.27. The molecule has 4 nitrogen and oxygen atoms in total. The largest absolute Gasteiger partial charge is 0.380 e. The van der Waals surface area contributed by atoms with Crippen molar-refractivity contribution in [3.8, 4) is 0 Å². The quantitative estimate of drug-likeness (QED) is 0.905. The Bertz CT molecular complexity index is 505. The molecule has 0 unspecified atom stereocenters. The van der Waals surface area contributed by atoms with Gasteiger partial charge in [-0.1, -0.05) is 29.8 Å². The average Bonchev–Trinajstić information content (AvgIpc) is 2.35. The van der Waals surface area contributed by atoms with Crippen molar-refractivity contribution in [2.45, 2.75) is 6.61 Å². The molecule has 0 aliphatic carbocycles. The van der Waals surface area contributed by atoms with E-state index in [9.17, 15) is 0 Å². The normalized spacial score (nSPS) is 10.2. The van der Waals surface area contributed by atoms with Crippen LogP contribution in [0.3, 0.4) is 0 Å². The van der Waals surface area contributed by atoms with E-state index in [0.717, 1.165) is 11.3 Å². The van der Waals surface area contributed by atoms with Gasteiger partial charge in [-0.3, -0.25) is 0 Å². The summed E-state index contributed by atoms with van der Waals surface area (Å²) in [5.74, 6) is 0.540. The minimum absolute atomic E-state index is 0.347. The fourth-order valence-corrected chi connectivity index (χ4v) is 1.61. The molecule has 17 heavy (non-hydrogen) atoms. The van der Waals surface area contributed by atoms with Crippen molar-refractivity contribution in [2.24, 2.45) is 0 Å². The first-order chi connectivity index (χ1) is 8.31. The fourth-order valence-electron chi connectivity index (χ4n) is 1.46. The monoisotopic (exact) mass is 249 g/mol. The number of hydrogen-bond donors (Lipinski definition) is 1. The van der Waals surface area contributed by atoms with Crippen LogP contribution in [0.1, 0.15) is 5.56 Å². The van der Waals surface area contributed by atoms with Gasteiger partial charge in [-0.15, -0.1) is 0 Å². The molecule has 0 radical (unpaired) electrons. The van der Waals surface area contributed by atoms with Crippen LogP contribution in [0.15, 0.2) is 36.7 Å². The average molecular weight is 250 g/mol. The van der Waals surface area contributed by atoms with Crippen LogP contribution >= 0.6 is 11.6 Å². The number of ether oxygens (including phenoxy) is 1. The van der Waals surface area contributed by atoms with Gasteiger partial charge in [0.1, 0.15) is 0 Å². The summed E-state index contributed by atoms with van der Waals surface area (Å²) in [6, 6.07) is 7.82. The summed E-state index contributed by atoms with van der Waals surface area (Å²) < 4.78 is 5.13. The van der Waals surface area contributed by atoms with Crippen LogP contribution in [0.2, 0.25) is 5.15 Å². The van der Waals surface area contributed by atoms with E-state index < -0.39 is 0 Å². The Kier molecular flexibility index (Phi) is 3.90. The van der Waals surface area contributed by atoms with Crippen molar-refractivity contribution in [3.63, 3.8) is 0 Å². The van der Waals surface area contributed by atoms with Crippen molar-refractivity contribution in [1.82, 2.24) is 9.97 Å². The smallest absolute Gasteiger partial charge is 0.171 e. The minimum Gasteiger partial charge on any atom is -0.380 e. The number of nitrogens with zero attached hydrogens (tertiary/aromatic N) is 2. The first kappa shape index (κ1) is 11.8. The van der Waals surface area contributed by atoms with Crippen molar-refractivity contribution < 1.29 is 4.74 Å². The fraction of sp³-hybridized carbons (Fsp3) is 0.167. The zero-order valence-electron chi connectivity index (χ0n) is 9.35. The van der Waals surface area contributed by atoms with Gasteiger partial charge in [0.2, 0.25) is 0 Å². The number of halogens is 1. The molecule has 0 bridgehead atoms. The lowest BCUT2D eigenvalue weighted by molar-refractivity contribution is 0.185. The highest BCUT2D eigenvalue weighted by atomic mass is 35.5. The van der Waals surface area contributed by atoms with Crippen LogP contribution in [0.5, 0.6) is 0 Å². The molecule has 1 aromatic carbocycles. The van der Waals surface area contributed by atoms with Gasteiger partial charge in [-0.2, -0.15) is 0 Å². The van der Waals surface area contributed by atoms with Crippen LogP contribution in [0.4, 0.5) is 11.5 Å². The Hall–Kier alpha value is -1.65. The van der Waals surface area contributed by atoms with Gasteiger partial charge in [0, 0.05) is 30.8 Å². The van der Waals surface area contributed by atoms with E-state index in [1.165, 1.54) is 0 Å². The van der Waals surface area contributed by atoms with Gasteiger partial charge in [0.05, 0.1) is 6.61 Å². The van der Waals surface area contributed by atoms with Crippen LogP contribution in [0.25, 0.3) is 0 Å². The van der Waals surface area contributed by atoms with E-state index in [1.807, 2.05) is 24.3 Å². The topological polar surface area (TPSA) is 47.0 Å². The lowest BCUT2D eigenvalue weighted by Gasteiger charge is -2.11. The minimum atomic E-state index is 0.347. The number of anilines is 2. The van der Waals surface area contributed by atoms with Crippen LogP contribution in [-0.4, -0.2) is 17.1 Å². The Morgan fingerprint density at radius 1 is 1.24 bits per heavy atom. The van der Waals surface area contributed by atoms with Crippen molar-refractivity contribution in [1.29, 1.82) is 0 Å². The molecule has 0 spiro atoms. The van der Waals surface area contributed by atoms with Crippen molar-refractivity contribution in [2.75, 3.05) is 12.4 Å². The molecule has 0 aliphatic heterocycles. The predicted molar refractivity (Wildman–Crippen MR) is 67.5 cm³/mol. The Labute approximate surface area is 105 Å². The van der Waals surface area contributed by atoms with Crippen LogP contribution in [-0.2, 0) is 11.3 Å². The Morgan fingerprint density at radius 2 is 2.00 bits per heavy atom. The van der Waals surface area contributed by atoms with E-state index in [0.29, 0.717) is 17.6 Å². The molecular weight excluding hydrogens is 238 g/mol. The summed E-state index contributed by atoms with van der Waals surface area (Å²) in [6.07, 6.45) is 3.14. The summed E-state index contributed by atoms with van der Waals surface area (Å²) in [5.41, 5.74) is 1.95. The second kappa shape index (κ2) is 5.61. The third-order valence-corrected chi connectivity index (χ3v) is 2.50. The highest BCUT2D eigenvalue weighted by molar-refractivity contribution is 6.31. The van der Waals surface area contributed by atoms with Gasteiger partial charge in [0.25, 0.3) is 0 Å². The van der Waals surface area contributed by atoms with Gasteiger partial charge < -0.3 is 10.1 Å². The summed E-state index contributed by atoms with van der Waals surface area (Å²) in [4.78, 5) is 8.09. The van der Waals surface area contributed by atoms with Crippen LogP contribution in [0, 0.1) is 0 Å². The highest BCUT2D eigenvalue weighted by Gasteiger charge is 2.05. The molecule has 0 amide bonds. The van der Waals surface area contributed by atoms with Crippen molar-refractivity contribution >= 4 is 23.1 Å². The number of nitrogens with one attached hydrogen (secondary N) is 1. The zero-order valence-corrected chi connectivity index (χ0v) is 10.1. The molecule has 1 heterocycles. The van der Waals surface area contributed by atoms with Gasteiger partial charge in [0.15, 0.2) is 11.0 Å². The molecule has 1 aromatic heterocycles. The molecular formula is C12H12ClN3O. The lowest BCUT2D eigenvalue weighted by atomic mass is 10.2. The number of aromatic nitrogens is 2. The summed E-state index contributed by atoms with van der Waals surface area (Å²) >= 11 is 5.94. The third-order valence-electron chi connectivity index (χ3n) is 2.22. The van der Waals surface area contributed by atoms with E-state index in [-0.39, 0.29) is 0 Å². The van der Waals surface area contributed by atoms with Crippen molar-refractivity contribution in [3.05, 3.63) is 47.4 Å². The van der Waals surface area contributed by atoms with E-state index in [4.69, 9.17) is 16.3 Å². The summed E-state index contributed by atoms with van der Waals surface area (Å²) in [5, 5.41) is 3.49. The third kappa shape index (κ3) is 2.93. The Morgan fingerprint density at radius 3 is 2.76 bits per heavy atom. The zero-order chi connectivity index (χ0) is 12.1. The lowest BCUT2D eigenvalue weighted by Crippen LogP contribution is -2.00. The second-order valence-electron chi connectivity index (χ2n) is 3.41. The maximum Gasteiger partial charge on any atom is 0.171 e. The van der Waals surface area contributed by atoms with E-state index >= 15 is 0 Å². The first-order valence-corrected chi connectivity index (χ1v) is 5.49. The maximum atomic E-state index is 5.94. The highest BCUT2D eigenvalue weighted by Crippen LogP contribution is 2.23. The number of rotatable bonds is 4. The molecule has 0 saturated heterocycles. The SMILES string of the molecule is COCc1ccccc1Nc1nccnc1Cl. The molecule has 88 valence electrons.